The summed E-state index contributed by atoms with van der Waals surface area (Å²) >= 11 is 1.47. The third-order valence-corrected chi connectivity index (χ3v) is 3.86. The smallest absolute Gasteiger partial charge is 0.325 e. The molecule has 1 aliphatic carbocycles. The fraction of sp³-hybridized carbons (Fsp3) is 0.545. The topological polar surface area (TPSA) is 91.3 Å². The van der Waals surface area contributed by atoms with Gasteiger partial charge in [0.2, 0.25) is 0 Å². The van der Waals surface area contributed by atoms with Crippen molar-refractivity contribution >= 4 is 28.5 Å². The highest BCUT2D eigenvalue weighted by molar-refractivity contribution is 7.15. The summed E-state index contributed by atoms with van der Waals surface area (Å²) in [5.74, 6) is -1.07. The van der Waals surface area contributed by atoms with Crippen LogP contribution in [0, 0.1) is 0 Å². The first-order chi connectivity index (χ1) is 8.56. The van der Waals surface area contributed by atoms with Crippen molar-refractivity contribution < 1.29 is 14.7 Å². The Morgan fingerprint density at radius 1 is 1.39 bits per heavy atom. The third-order valence-electron chi connectivity index (χ3n) is 2.78. The zero-order chi connectivity index (χ0) is 13.1. The molecular weight excluding hydrogens is 254 g/mol. The van der Waals surface area contributed by atoms with Crippen LogP contribution in [0.4, 0.5) is 9.93 Å². The van der Waals surface area contributed by atoms with Gasteiger partial charge in [-0.15, -0.1) is 11.3 Å². The Kier molecular flexibility index (Phi) is 3.81. The number of hydrogen-bond acceptors (Lipinski definition) is 4. The molecule has 0 saturated carbocycles. The number of rotatable bonds is 3. The van der Waals surface area contributed by atoms with Crippen LogP contribution in [0.1, 0.15) is 30.3 Å². The van der Waals surface area contributed by atoms with E-state index in [1.807, 2.05) is 0 Å². The Labute approximate surface area is 108 Å². The average Bonchev–Trinajstić information content (AvgIpc) is 2.70. The van der Waals surface area contributed by atoms with E-state index in [9.17, 15) is 9.59 Å². The Bertz CT molecular complexity index is 449. The molecule has 1 atom stereocenters. The van der Waals surface area contributed by atoms with Crippen LogP contribution in [0.25, 0.3) is 0 Å². The van der Waals surface area contributed by atoms with Gasteiger partial charge in [0.1, 0.15) is 6.04 Å². The second-order valence-electron chi connectivity index (χ2n) is 4.25. The van der Waals surface area contributed by atoms with Gasteiger partial charge in [0.05, 0.1) is 5.69 Å². The van der Waals surface area contributed by atoms with Crippen LogP contribution in [0.3, 0.4) is 0 Å². The number of nitrogens with zero attached hydrogens (tertiary/aromatic N) is 1. The van der Waals surface area contributed by atoms with Crippen molar-refractivity contribution in [1.29, 1.82) is 0 Å². The monoisotopic (exact) mass is 269 g/mol. The second-order valence-corrected chi connectivity index (χ2v) is 5.34. The molecule has 98 valence electrons. The van der Waals surface area contributed by atoms with Gasteiger partial charge < -0.3 is 10.4 Å². The molecule has 1 aromatic heterocycles. The van der Waals surface area contributed by atoms with Crippen LogP contribution in [0.15, 0.2) is 0 Å². The quantitative estimate of drug-likeness (QED) is 0.777. The Balaban J connectivity index is 1.95. The molecule has 0 aliphatic heterocycles. The van der Waals surface area contributed by atoms with Gasteiger partial charge in [-0.05, 0) is 32.6 Å². The lowest BCUT2D eigenvalue weighted by Crippen LogP contribution is -2.40. The highest BCUT2D eigenvalue weighted by Gasteiger charge is 2.18. The first kappa shape index (κ1) is 12.8. The summed E-state index contributed by atoms with van der Waals surface area (Å²) in [5.41, 5.74) is 1.06. The number of anilines is 1. The van der Waals surface area contributed by atoms with Crippen LogP contribution in [0.5, 0.6) is 0 Å². The van der Waals surface area contributed by atoms with Crippen LogP contribution in [0.2, 0.25) is 0 Å². The summed E-state index contributed by atoms with van der Waals surface area (Å²) < 4.78 is 0. The van der Waals surface area contributed by atoms with E-state index < -0.39 is 18.0 Å². The number of urea groups is 1. The average molecular weight is 269 g/mol. The molecule has 0 radical (unpaired) electrons. The van der Waals surface area contributed by atoms with Crippen molar-refractivity contribution in [2.24, 2.45) is 0 Å². The standard InChI is InChI=1S/C11H15N3O3S/c1-6(9(15)16)12-10(17)14-11-13-7-4-2-3-5-8(7)18-11/h6H,2-5H2,1H3,(H,15,16)(H2,12,13,14,17)/t6-/m1/s1. The van der Waals surface area contributed by atoms with Crippen LogP contribution in [-0.2, 0) is 17.6 Å². The second kappa shape index (κ2) is 5.34. The molecule has 0 spiro atoms. The van der Waals surface area contributed by atoms with Crippen molar-refractivity contribution in [1.82, 2.24) is 10.3 Å². The van der Waals surface area contributed by atoms with E-state index >= 15 is 0 Å². The molecule has 3 N–H and O–H groups in total. The molecule has 18 heavy (non-hydrogen) atoms. The normalized spacial score (nSPS) is 15.6. The lowest BCUT2D eigenvalue weighted by molar-refractivity contribution is -0.138. The number of nitrogens with one attached hydrogen (secondary N) is 2. The first-order valence-electron chi connectivity index (χ1n) is 5.85. The number of carbonyl (C=O) groups is 2. The molecule has 1 aliphatic rings. The van der Waals surface area contributed by atoms with Crippen LogP contribution < -0.4 is 10.6 Å². The van der Waals surface area contributed by atoms with E-state index in [-0.39, 0.29) is 0 Å². The molecule has 6 nitrogen and oxygen atoms in total. The molecule has 1 aromatic rings. The molecule has 7 heteroatoms. The number of hydrogen-bond donors (Lipinski definition) is 3. The molecule has 2 amide bonds. The third kappa shape index (κ3) is 2.98. The zero-order valence-corrected chi connectivity index (χ0v) is 10.8. The summed E-state index contributed by atoms with van der Waals surface area (Å²) in [6, 6.07) is -1.45. The van der Waals surface area contributed by atoms with Gasteiger partial charge in [0.25, 0.3) is 0 Å². The number of aromatic nitrogens is 1. The fourth-order valence-corrected chi connectivity index (χ4v) is 2.84. The van der Waals surface area contributed by atoms with Gasteiger partial charge >= 0.3 is 12.0 Å². The number of carbonyl (C=O) groups excluding carboxylic acids is 1. The molecule has 0 fully saturated rings. The van der Waals surface area contributed by atoms with Crippen molar-refractivity contribution in [2.45, 2.75) is 38.6 Å². The molecular formula is C11H15N3O3S. The summed E-state index contributed by atoms with van der Waals surface area (Å²) in [7, 11) is 0. The molecule has 1 heterocycles. The number of thiazole rings is 1. The van der Waals surface area contributed by atoms with E-state index in [1.165, 1.54) is 23.1 Å². The fourth-order valence-electron chi connectivity index (χ4n) is 1.80. The lowest BCUT2D eigenvalue weighted by Gasteiger charge is -2.08. The minimum atomic E-state index is -1.07. The summed E-state index contributed by atoms with van der Waals surface area (Å²) in [5, 5.41) is 14.1. The van der Waals surface area contributed by atoms with E-state index in [2.05, 4.69) is 15.6 Å². The van der Waals surface area contributed by atoms with E-state index in [1.54, 1.807) is 0 Å². The largest absolute Gasteiger partial charge is 0.480 e. The first-order valence-corrected chi connectivity index (χ1v) is 6.67. The number of fused-ring (bicyclic) bond motifs is 1. The van der Waals surface area contributed by atoms with Crippen LogP contribution >= 0.6 is 11.3 Å². The predicted molar refractivity (Wildman–Crippen MR) is 68.0 cm³/mol. The molecule has 0 bridgehead atoms. The molecule has 0 saturated heterocycles. The summed E-state index contributed by atoms with van der Waals surface area (Å²) in [6.07, 6.45) is 4.28. The molecule has 2 rings (SSSR count). The van der Waals surface area contributed by atoms with Gasteiger partial charge in [0, 0.05) is 4.88 Å². The lowest BCUT2D eigenvalue weighted by atomic mass is 10.0. The van der Waals surface area contributed by atoms with E-state index in [4.69, 9.17) is 5.11 Å². The highest BCUT2D eigenvalue weighted by Crippen LogP contribution is 2.29. The van der Waals surface area contributed by atoms with Crippen molar-refractivity contribution in [3.8, 4) is 0 Å². The van der Waals surface area contributed by atoms with E-state index in [0.29, 0.717) is 5.13 Å². The maximum Gasteiger partial charge on any atom is 0.325 e. The van der Waals surface area contributed by atoms with Crippen molar-refractivity contribution in [3.63, 3.8) is 0 Å². The highest BCUT2D eigenvalue weighted by atomic mass is 32.1. The van der Waals surface area contributed by atoms with Crippen molar-refractivity contribution in [3.05, 3.63) is 10.6 Å². The van der Waals surface area contributed by atoms with Gasteiger partial charge in [-0.1, -0.05) is 0 Å². The SMILES string of the molecule is C[C@@H](NC(=O)Nc1nc2c(s1)CCCC2)C(=O)O. The van der Waals surface area contributed by atoms with Crippen LogP contribution in [-0.4, -0.2) is 28.1 Å². The number of aliphatic carboxylic acids is 1. The molecule has 0 aromatic carbocycles. The number of carboxylic acids is 1. The summed E-state index contributed by atoms with van der Waals surface area (Å²) in [4.78, 5) is 27.7. The Morgan fingerprint density at radius 3 is 2.78 bits per heavy atom. The van der Waals surface area contributed by atoms with Gasteiger partial charge in [-0.2, -0.15) is 0 Å². The summed E-state index contributed by atoms with van der Waals surface area (Å²) in [6.45, 7) is 1.41. The van der Waals surface area contributed by atoms with Gasteiger partial charge in [-0.25, -0.2) is 9.78 Å². The van der Waals surface area contributed by atoms with E-state index in [0.717, 1.165) is 31.4 Å². The van der Waals surface area contributed by atoms with Crippen molar-refractivity contribution in [2.75, 3.05) is 5.32 Å². The zero-order valence-electron chi connectivity index (χ0n) is 10.0. The maximum absolute atomic E-state index is 11.5. The predicted octanol–water partition coefficient (Wildman–Crippen LogP) is 1.62. The maximum atomic E-state index is 11.5. The minimum Gasteiger partial charge on any atom is -0.480 e. The Hall–Kier alpha value is -1.63. The van der Waals surface area contributed by atoms with Gasteiger partial charge in [0.15, 0.2) is 5.13 Å². The minimum absolute atomic E-state index is 0.531. The number of carboxylic acid groups (broad SMARTS) is 1. The number of aryl methyl sites for hydroxylation is 2. The molecule has 0 unspecified atom stereocenters. The Morgan fingerprint density at radius 2 is 2.11 bits per heavy atom. The van der Waals surface area contributed by atoms with Gasteiger partial charge in [-0.3, -0.25) is 10.1 Å². The number of amides is 2.